The summed E-state index contributed by atoms with van der Waals surface area (Å²) in [5, 5.41) is 3.51. The zero-order valence-corrected chi connectivity index (χ0v) is 14.5. The fourth-order valence-electron chi connectivity index (χ4n) is 2.53. The molecule has 2 heterocycles. The first kappa shape index (κ1) is 16.4. The Morgan fingerprint density at radius 3 is 2.79 bits per heavy atom. The maximum atomic E-state index is 12.6. The van der Waals surface area contributed by atoms with Crippen molar-refractivity contribution in [1.82, 2.24) is 15.2 Å². The first-order valence-corrected chi connectivity index (χ1v) is 8.66. The smallest absolute Gasteiger partial charge is 0.266 e. The van der Waals surface area contributed by atoms with E-state index in [-0.39, 0.29) is 18.4 Å². The molecule has 1 saturated heterocycles. The van der Waals surface area contributed by atoms with Crippen molar-refractivity contribution < 1.29 is 14.3 Å². The molecule has 1 aromatic heterocycles. The highest BCUT2D eigenvalue weighted by Crippen LogP contribution is 2.30. The van der Waals surface area contributed by atoms with Gasteiger partial charge in [-0.05, 0) is 38.1 Å². The molecule has 2 amide bonds. The molecule has 0 bridgehead atoms. The van der Waals surface area contributed by atoms with Crippen LogP contribution in [0.4, 0.5) is 0 Å². The molecule has 0 spiro atoms. The number of ether oxygens (including phenoxy) is 1. The average molecular weight is 345 g/mol. The lowest BCUT2D eigenvalue weighted by molar-refractivity contribution is -0.123. The number of benzene rings is 1. The van der Waals surface area contributed by atoms with E-state index < -0.39 is 0 Å². The Bertz CT molecular complexity index is 755. The molecule has 3 rings (SSSR count). The van der Waals surface area contributed by atoms with Crippen molar-refractivity contribution in [2.75, 3.05) is 26.2 Å². The highest BCUT2D eigenvalue weighted by molar-refractivity contribution is 7.17. The average Bonchev–Trinajstić information content (AvgIpc) is 2.97. The predicted molar refractivity (Wildman–Crippen MR) is 92.4 cm³/mol. The fourth-order valence-corrected chi connectivity index (χ4v) is 3.57. The number of aryl methyl sites for hydroxylation is 1. The molecule has 0 saturated carbocycles. The van der Waals surface area contributed by atoms with Gasteiger partial charge in [0.2, 0.25) is 5.91 Å². The number of nitrogens with one attached hydrogen (secondary N) is 1. The molecule has 1 fully saturated rings. The second-order valence-electron chi connectivity index (χ2n) is 5.47. The van der Waals surface area contributed by atoms with Gasteiger partial charge in [0.05, 0.1) is 18.8 Å². The van der Waals surface area contributed by atoms with Gasteiger partial charge >= 0.3 is 0 Å². The summed E-state index contributed by atoms with van der Waals surface area (Å²) in [6.45, 7) is 5.52. The number of nitrogens with zero attached hydrogens (tertiary/aromatic N) is 2. The Balaban J connectivity index is 1.81. The predicted octanol–water partition coefficient (Wildman–Crippen LogP) is 2.09. The summed E-state index contributed by atoms with van der Waals surface area (Å²) < 4.78 is 5.44. The normalized spacial score (nSPS) is 14.4. The monoisotopic (exact) mass is 345 g/mol. The van der Waals surface area contributed by atoms with E-state index in [1.807, 2.05) is 38.1 Å². The quantitative estimate of drug-likeness (QED) is 0.921. The zero-order valence-electron chi connectivity index (χ0n) is 13.7. The van der Waals surface area contributed by atoms with Gasteiger partial charge in [0.15, 0.2) is 0 Å². The molecule has 0 unspecified atom stereocenters. The summed E-state index contributed by atoms with van der Waals surface area (Å²) >= 11 is 1.36. The fraction of sp³-hybridized carbons (Fsp3) is 0.353. The second kappa shape index (κ2) is 7.00. The molecule has 2 aromatic rings. The largest absolute Gasteiger partial charge is 0.494 e. The van der Waals surface area contributed by atoms with Gasteiger partial charge in [0, 0.05) is 18.7 Å². The molecule has 1 N–H and O–H groups in total. The van der Waals surface area contributed by atoms with E-state index in [0.29, 0.717) is 30.3 Å². The number of rotatable bonds is 4. The number of hydrogen-bond donors (Lipinski definition) is 1. The van der Waals surface area contributed by atoms with Crippen LogP contribution in [0.15, 0.2) is 24.3 Å². The Labute approximate surface area is 144 Å². The van der Waals surface area contributed by atoms with Crippen LogP contribution in [0.2, 0.25) is 0 Å². The van der Waals surface area contributed by atoms with Crippen LogP contribution >= 0.6 is 11.3 Å². The Morgan fingerprint density at radius 2 is 2.12 bits per heavy atom. The van der Waals surface area contributed by atoms with E-state index in [9.17, 15) is 9.59 Å². The van der Waals surface area contributed by atoms with Gasteiger partial charge < -0.3 is 15.0 Å². The van der Waals surface area contributed by atoms with Gasteiger partial charge in [-0.15, -0.1) is 11.3 Å². The number of piperazine rings is 1. The maximum absolute atomic E-state index is 12.6. The molecular formula is C17H19N3O3S. The van der Waals surface area contributed by atoms with E-state index in [1.54, 1.807) is 4.90 Å². The summed E-state index contributed by atoms with van der Waals surface area (Å²) in [5.41, 5.74) is 1.64. The van der Waals surface area contributed by atoms with Crippen molar-refractivity contribution in [3.05, 3.63) is 34.8 Å². The zero-order chi connectivity index (χ0) is 17.1. The van der Waals surface area contributed by atoms with Crippen LogP contribution in [-0.4, -0.2) is 47.9 Å². The van der Waals surface area contributed by atoms with E-state index in [4.69, 9.17) is 4.74 Å². The van der Waals surface area contributed by atoms with Gasteiger partial charge in [-0.2, -0.15) is 0 Å². The molecule has 1 aliphatic heterocycles. The van der Waals surface area contributed by atoms with Crippen LogP contribution < -0.4 is 10.1 Å². The van der Waals surface area contributed by atoms with Gasteiger partial charge in [0.25, 0.3) is 5.91 Å². The summed E-state index contributed by atoms with van der Waals surface area (Å²) in [6, 6.07) is 7.66. The molecule has 0 radical (unpaired) electrons. The standard InChI is InChI=1S/C17H19N3O3S/c1-3-23-13-6-4-12(5-7-13)16-19-11(2)15(24-16)17(22)20-9-8-18-14(21)10-20/h4-7H,3,8-10H2,1-2H3,(H,18,21). The first-order chi connectivity index (χ1) is 11.6. The molecule has 1 aromatic carbocycles. The lowest BCUT2D eigenvalue weighted by Crippen LogP contribution is -2.49. The van der Waals surface area contributed by atoms with Gasteiger partial charge in [-0.1, -0.05) is 0 Å². The lowest BCUT2D eigenvalue weighted by Gasteiger charge is -2.26. The van der Waals surface area contributed by atoms with Crippen molar-refractivity contribution in [3.63, 3.8) is 0 Å². The Hall–Kier alpha value is -2.41. The number of carbonyl (C=O) groups is 2. The highest BCUT2D eigenvalue weighted by Gasteiger charge is 2.25. The molecule has 7 heteroatoms. The number of hydrogen-bond acceptors (Lipinski definition) is 5. The molecule has 126 valence electrons. The van der Waals surface area contributed by atoms with Gasteiger partial charge in [-0.3, -0.25) is 9.59 Å². The summed E-state index contributed by atoms with van der Waals surface area (Å²) in [7, 11) is 0. The first-order valence-electron chi connectivity index (χ1n) is 7.85. The number of amides is 2. The van der Waals surface area contributed by atoms with Crippen molar-refractivity contribution in [3.8, 4) is 16.3 Å². The summed E-state index contributed by atoms with van der Waals surface area (Å²) in [5.74, 6) is 0.561. The SMILES string of the molecule is CCOc1ccc(-c2nc(C)c(C(=O)N3CCNC(=O)C3)s2)cc1. The van der Waals surface area contributed by atoms with Crippen molar-refractivity contribution in [1.29, 1.82) is 0 Å². The second-order valence-corrected chi connectivity index (χ2v) is 6.47. The minimum atomic E-state index is -0.128. The molecule has 6 nitrogen and oxygen atoms in total. The van der Waals surface area contributed by atoms with Crippen LogP contribution in [0.3, 0.4) is 0 Å². The maximum Gasteiger partial charge on any atom is 0.266 e. The van der Waals surface area contributed by atoms with Crippen LogP contribution in [0.5, 0.6) is 5.75 Å². The Morgan fingerprint density at radius 1 is 1.38 bits per heavy atom. The van der Waals surface area contributed by atoms with Crippen LogP contribution in [-0.2, 0) is 4.79 Å². The topological polar surface area (TPSA) is 71.5 Å². The third-order valence-corrected chi connectivity index (χ3v) is 4.92. The van der Waals surface area contributed by atoms with E-state index in [0.717, 1.165) is 16.3 Å². The van der Waals surface area contributed by atoms with Crippen LogP contribution in [0, 0.1) is 6.92 Å². The van der Waals surface area contributed by atoms with E-state index in [2.05, 4.69) is 10.3 Å². The third-order valence-electron chi connectivity index (χ3n) is 3.73. The van der Waals surface area contributed by atoms with Crippen molar-refractivity contribution in [2.45, 2.75) is 13.8 Å². The molecule has 0 aliphatic carbocycles. The minimum Gasteiger partial charge on any atom is -0.494 e. The minimum absolute atomic E-state index is 0.106. The molecular weight excluding hydrogens is 326 g/mol. The lowest BCUT2D eigenvalue weighted by atomic mass is 10.2. The Kier molecular flexibility index (Phi) is 4.80. The number of aromatic nitrogens is 1. The highest BCUT2D eigenvalue weighted by atomic mass is 32.1. The van der Waals surface area contributed by atoms with Crippen LogP contribution in [0.1, 0.15) is 22.3 Å². The molecule has 1 aliphatic rings. The summed E-state index contributed by atoms with van der Waals surface area (Å²) in [4.78, 5) is 30.8. The number of thiazole rings is 1. The third kappa shape index (κ3) is 3.41. The van der Waals surface area contributed by atoms with Crippen LogP contribution in [0.25, 0.3) is 10.6 Å². The number of carbonyl (C=O) groups excluding carboxylic acids is 2. The molecule has 0 atom stereocenters. The van der Waals surface area contributed by atoms with Gasteiger partial charge in [0.1, 0.15) is 15.6 Å². The van der Waals surface area contributed by atoms with Crippen molar-refractivity contribution >= 4 is 23.2 Å². The van der Waals surface area contributed by atoms with Gasteiger partial charge in [-0.25, -0.2) is 4.98 Å². The molecule has 24 heavy (non-hydrogen) atoms. The van der Waals surface area contributed by atoms with E-state index >= 15 is 0 Å². The van der Waals surface area contributed by atoms with Crippen molar-refractivity contribution in [2.24, 2.45) is 0 Å². The van der Waals surface area contributed by atoms with E-state index in [1.165, 1.54) is 11.3 Å². The summed E-state index contributed by atoms with van der Waals surface area (Å²) in [6.07, 6.45) is 0.